The average Bonchev–Trinajstić information content (AvgIpc) is 2.54. The van der Waals surface area contributed by atoms with Crippen LogP contribution >= 0.6 is 0 Å². The van der Waals surface area contributed by atoms with E-state index in [2.05, 4.69) is 0 Å². The molecule has 1 fully saturated rings. The number of rotatable bonds is 1. The van der Waals surface area contributed by atoms with Crippen LogP contribution in [0.2, 0.25) is 0 Å². The van der Waals surface area contributed by atoms with Gasteiger partial charge in [-0.05, 0) is 18.8 Å². The van der Waals surface area contributed by atoms with Crippen molar-refractivity contribution in [3.8, 4) is 0 Å². The summed E-state index contributed by atoms with van der Waals surface area (Å²) >= 11 is 0. The van der Waals surface area contributed by atoms with Crippen LogP contribution < -0.4 is 0 Å². The minimum Gasteiger partial charge on any atom is -0.229 e. The maximum atomic E-state index is 11.2. The maximum Gasteiger partial charge on any atom is 0.171 e. The SMILES string of the molecule is O=S1(=O)C=C(C2CCS(=O)(=O)C2)CC1. The fraction of sp³-hybridized carbons (Fsp3) is 0.750. The lowest BCUT2D eigenvalue weighted by molar-refractivity contribution is 0.599. The van der Waals surface area contributed by atoms with E-state index in [0.29, 0.717) is 12.8 Å². The summed E-state index contributed by atoms with van der Waals surface area (Å²) in [5.74, 6) is 0.444. The Bertz CT molecular complexity index is 469. The Morgan fingerprint density at radius 1 is 1.14 bits per heavy atom. The Labute approximate surface area is 83.8 Å². The van der Waals surface area contributed by atoms with Gasteiger partial charge < -0.3 is 0 Å². The third kappa shape index (κ3) is 2.00. The molecule has 2 rings (SSSR count). The molecule has 0 aromatic rings. The smallest absolute Gasteiger partial charge is 0.171 e. The molecule has 6 heteroatoms. The lowest BCUT2D eigenvalue weighted by Gasteiger charge is -2.06. The zero-order valence-electron chi connectivity index (χ0n) is 7.64. The number of hydrogen-bond donors (Lipinski definition) is 0. The molecule has 2 heterocycles. The summed E-state index contributed by atoms with van der Waals surface area (Å²) in [6, 6.07) is 0. The number of sulfone groups is 2. The average molecular weight is 236 g/mol. The molecule has 0 aromatic carbocycles. The van der Waals surface area contributed by atoms with Crippen molar-refractivity contribution in [1.82, 2.24) is 0 Å². The van der Waals surface area contributed by atoms with Crippen molar-refractivity contribution in [2.24, 2.45) is 5.92 Å². The van der Waals surface area contributed by atoms with Gasteiger partial charge in [-0.15, -0.1) is 0 Å². The summed E-state index contributed by atoms with van der Waals surface area (Å²) < 4.78 is 44.6. The summed E-state index contributed by atoms with van der Waals surface area (Å²) in [6.07, 6.45) is 1.10. The molecule has 1 unspecified atom stereocenters. The molecule has 0 bridgehead atoms. The van der Waals surface area contributed by atoms with Crippen LogP contribution in [0.1, 0.15) is 12.8 Å². The minimum absolute atomic E-state index is 0.0442. The zero-order chi connectivity index (χ0) is 10.4. The molecule has 14 heavy (non-hydrogen) atoms. The van der Waals surface area contributed by atoms with E-state index in [1.807, 2.05) is 0 Å². The Hall–Kier alpha value is -0.360. The maximum absolute atomic E-state index is 11.2. The van der Waals surface area contributed by atoms with Crippen LogP contribution in [0.3, 0.4) is 0 Å². The fourth-order valence-electron chi connectivity index (χ4n) is 2.00. The molecule has 0 aromatic heterocycles. The van der Waals surface area contributed by atoms with Gasteiger partial charge in [0.1, 0.15) is 0 Å². The molecular weight excluding hydrogens is 224 g/mol. The zero-order valence-corrected chi connectivity index (χ0v) is 9.27. The number of allylic oxidation sites excluding steroid dienone is 1. The highest BCUT2D eigenvalue weighted by Gasteiger charge is 2.33. The molecule has 0 aliphatic carbocycles. The van der Waals surface area contributed by atoms with Crippen LogP contribution in [-0.2, 0) is 19.7 Å². The van der Waals surface area contributed by atoms with Crippen molar-refractivity contribution in [1.29, 1.82) is 0 Å². The van der Waals surface area contributed by atoms with Crippen LogP contribution in [-0.4, -0.2) is 34.1 Å². The molecule has 0 N–H and O–H groups in total. The van der Waals surface area contributed by atoms with Gasteiger partial charge in [0.15, 0.2) is 19.7 Å². The molecule has 4 nitrogen and oxygen atoms in total. The van der Waals surface area contributed by atoms with E-state index in [-0.39, 0.29) is 23.2 Å². The largest absolute Gasteiger partial charge is 0.229 e. The summed E-state index contributed by atoms with van der Waals surface area (Å²) in [6.45, 7) is 0. The van der Waals surface area contributed by atoms with Gasteiger partial charge in [0.2, 0.25) is 0 Å². The third-order valence-electron chi connectivity index (χ3n) is 2.76. The predicted octanol–water partition coefficient (Wildman–Crippen LogP) is 0.123. The molecule has 80 valence electrons. The molecule has 2 aliphatic rings. The van der Waals surface area contributed by atoms with Gasteiger partial charge >= 0.3 is 0 Å². The molecule has 2 aliphatic heterocycles. The predicted molar refractivity (Wildman–Crippen MR) is 53.2 cm³/mol. The van der Waals surface area contributed by atoms with Crippen molar-refractivity contribution >= 4 is 19.7 Å². The Kier molecular flexibility index (Phi) is 2.23. The lowest BCUT2D eigenvalue weighted by Crippen LogP contribution is -2.06. The Morgan fingerprint density at radius 2 is 1.86 bits per heavy atom. The van der Waals surface area contributed by atoms with E-state index in [4.69, 9.17) is 0 Å². The summed E-state index contributed by atoms with van der Waals surface area (Å²) in [7, 11) is -5.93. The topological polar surface area (TPSA) is 68.3 Å². The van der Waals surface area contributed by atoms with E-state index >= 15 is 0 Å². The molecule has 1 atom stereocenters. The normalized spacial score (nSPS) is 34.3. The van der Waals surface area contributed by atoms with Gasteiger partial charge in [0.25, 0.3) is 0 Å². The first-order chi connectivity index (χ1) is 6.38. The van der Waals surface area contributed by atoms with Crippen LogP contribution in [0.25, 0.3) is 0 Å². The second-order valence-corrected chi connectivity index (χ2v) is 8.11. The van der Waals surface area contributed by atoms with E-state index < -0.39 is 19.7 Å². The van der Waals surface area contributed by atoms with Crippen molar-refractivity contribution in [3.63, 3.8) is 0 Å². The van der Waals surface area contributed by atoms with Gasteiger partial charge in [-0.1, -0.05) is 5.57 Å². The van der Waals surface area contributed by atoms with E-state index in [1.165, 1.54) is 5.41 Å². The molecular formula is C8H12O4S2. The summed E-state index contributed by atoms with van der Waals surface area (Å²) in [5.41, 5.74) is 0.811. The summed E-state index contributed by atoms with van der Waals surface area (Å²) in [5, 5.41) is 1.28. The molecule has 0 saturated carbocycles. The standard InChI is InChI=1S/C8H12O4S2/c9-13(10)3-1-7(5-13)8-2-4-14(11,12)6-8/h5,8H,1-4,6H2. The van der Waals surface area contributed by atoms with Gasteiger partial charge in [-0.3, -0.25) is 0 Å². The first-order valence-electron chi connectivity index (χ1n) is 4.52. The Balaban J connectivity index is 2.21. The Morgan fingerprint density at radius 3 is 2.29 bits per heavy atom. The highest BCUT2D eigenvalue weighted by Crippen LogP contribution is 2.31. The van der Waals surface area contributed by atoms with Crippen LogP contribution in [0, 0.1) is 5.92 Å². The highest BCUT2D eigenvalue weighted by molar-refractivity contribution is 7.94. The van der Waals surface area contributed by atoms with Crippen LogP contribution in [0.15, 0.2) is 11.0 Å². The second-order valence-electron chi connectivity index (χ2n) is 3.91. The van der Waals surface area contributed by atoms with E-state index in [1.54, 1.807) is 0 Å². The van der Waals surface area contributed by atoms with Crippen LogP contribution in [0.4, 0.5) is 0 Å². The molecule has 0 spiro atoms. The van der Waals surface area contributed by atoms with Crippen molar-refractivity contribution in [2.45, 2.75) is 12.8 Å². The summed E-state index contributed by atoms with van der Waals surface area (Å²) in [4.78, 5) is 0. The molecule has 1 saturated heterocycles. The van der Waals surface area contributed by atoms with Crippen molar-refractivity contribution in [3.05, 3.63) is 11.0 Å². The van der Waals surface area contributed by atoms with Gasteiger partial charge in [-0.2, -0.15) is 0 Å². The monoisotopic (exact) mass is 236 g/mol. The van der Waals surface area contributed by atoms with Gasteiger partial charge in [-0.25, -0.2) is 16.8 Å². The van der Waals surface area contributed by atoms with Crippen LogP contribution in [0.5, 0.6) is 0 Å². The van der Waals surface area contributed by atoms with Gasteiger partial charge in [0.05, 0.1) is 17.3 Å². The van der Waals surface area contributed by atoms with E-state index in [9.17, 15) is 16.8 Å². The molecule has 0 radical (unpaired) electrons. The third-order valence-corrected chi connectivity index (χ3v) is 5.97. The van der Waals surface area contributed by atoms with E-state index in [0.717, 1.165) is 5.57 Å². The lowest BCUT2D eigenvalue weighted by atomic mass is 9.98. The van der Waals surface area contributed by atoms with Gasteiger partial charge in [0, 0.05) is 5.41 Å². The molecule has 0 amide bonds. The minimum atomic E-state index is -3.03. The van der Waals surface area contributed by atoms with Crippen molar-refractivity contribution < 1.29 is 16.8 Å². The highest BCUT2D eigenvalue weighted by atomic mass is 32.2. The van der Waals surface area contributed by atoms with Crippen molar-refractivity contribution in [2.75, 3.05) is 17.3 Å². The quantitative estimate of drug-likeness (QED) is 0.648. The number of hydrogen-bond acceptors (Lipinski definition) is 4. The fourth-order valence-corrected chi connectivity index (χ4v) is 5.21. The first kappa shape index (κ1) is 10.2. The first-order valence-corrected chi connectivity index (χ1v) is 8.05. The second kappa shape index (κ2) is 3.06.